The molecule has 78 valence electrons. The van der Waals surface area contributed by atoms with E-state index in [2.05, 4.69) is 6.92 Å². The first-order chi connectivity index (χ1) is 7.20. The number of anilines is 2. The third kappa shape index (κ3) is 1.81. The smallest absolute Gasteiger partial charge is 0.103 e. The minimum atomic E-state index is 0.773. The van der Waals surface area contributed by atoms with E-state index in [0.29, 0.717) is 0 Å². The number of aryl methyl sites for hydroxylation is 1. The predicted octanol–water partition coefficient (Wildman–Crippen LogP) is 2.34. The van der Waals surface area contributed by atoms with Crippen LogP contribution in [-0.2, 0) is 6.54 Å². The first-order valence-corrected chi connectivity index (χ1v) is 5.02. The topological polar surface area (TPSA) is 57.0 Å². The summed E-state index contributed by atoms with van der Waals surface area (Å²) in [5, 5.41) is 0. The van der Waals surface area contributed by atoms with Gasteiger partial charge in [0.25, 0.3) is 0 Å². The number of nitrogens with zero attached hydrogens (tertiary/aromatic N) is 1. The molecule has 0 aliphatic heterocycles. The fraction of sp³-hybridized carbons (Fsp3) is 0.167. The van der Waals surface area contributed by atoms with Gasteiger partial charge in [0.05, 0.1) is 0 Å². The Kier molecular flexibility index (Phi) is 2.37. The van der Waals surface area contributed by atoms with Crippen LogP contribution >= 0.6 is 0 Å². The first kappa shape index (κ1) is 9.65. The molecule has 1 heterocycles. The van der Waals surface area contributed by atoms with Gasteiger partial charge in [0, 0.05) is 24.0 Å². The first-order valence-electron chi connectivity index (χ1n) is 5.02. The quantitative estimate of drug-likeness (QED) is 0.733. The van der Waals surface area contributed by atoms with Gasteiger partial charge in [-0.05, 0) is 30.7 Å². The van der Waals surface area contributed by atoms with Gasteiger partial charge in [0.15, 0.2) is 0 Å². The van der Waals surface area contributed by atoms with Crippen molar-refractivity contribution in [3.8, 4) is 11.1 Å². The molecule has 1 aromatic heterocycles. The molecule has 1 aromatic carbocycles. The molecule has 0 fully saturated rings. The van der Waals surface area contributed by atoms with Gasteiger partial charge in [0.1, 0.15) is 5.82 Å². The summed E-state index contributed by atoms with van der Waals surface area (Å²) in [4.78, 5) is 0. The van der Waals surface area contributed by atoms with Crippen LogP contribution in [0.25, 0.3) is 11.1 Å². The number of nitrogens with two attached hydrogens (primary N) is 2. The van der Waals surface area contributed by atoms with Gasteiger partial charge in [0.2, 0.25) is 0 Å². The molecule has 0 aliphatic carbocycles. The van der Waals surface area contributed by atoms with Crippen LogP contribution in [0, 0.1) is 0 Å². The summed E-state index contributed by atoms with van der Waals surface area (Å²) in [5.74, 6) is 0.787. The van der Waals surface area contributed by atoms with Crippen molar-refractivity contribution < 1.29 is 0 Å². The maximum atomic E-state index is 5.86. The molecule has 3 nitrogen and oxygen atoms in total. The van der Waals surface area contributed by atoms with Crippen LogP contribution in [0.2, 0.25) is 0 Å². The zero-order chi connectivity index (χ0) is 10.8. The van der Waals surface area contributed by atoms with Crippen LogP contribution in [0.15, 0.2) is 36.5 Å². The zero-order valence-electron chi connectivity index (χ0n) is 8.77. The number of benzene rings is 1. The SMILES string of the molecule is CCn1cc(-c2cccc(N)c2)cc1N. The van der Waals surface area contributed by atoms with Crippen LogP contribution < -0.4 is 11.5 Å². The van der Waals surface area contributed by atoms with Gasteiger partial charge in [-0.25, -0.2) is 0 Å². The summed E-state index contributed by atoms with van der Waals surface area (Å²) < 4.78 is 2.01. The van der Waals surface area contributed by atoms with Crippen molar-refractivity contribution in [2.45, 2.75) is 13.5 Å². The van der Waals surface area contributed by atoms with Crippen molar-refractivity contribution in [1.82, 2.24) is 4.57 Å². The molecule has 15 heavy (non-hydrogen) atoms. The highest BCUT2D eigenvalue weighted by molar-refractivity contribution is 5.69. The lowest BCUT2D eigenvalue weighted by Crippen LogP contribution is -1.97. The Bertz CT molecular complexity index is 471. The van der Waals surface area contributed by atoms with E-state index in [-0.39, 0.29) is 0 Å². The Hall–Kier alpha value is -1.90. The highest BCUT2D eigenvalue weighted by atomic mass is 15.0. The lowest BCUT2D eigenvalue weighted by Gasteiger charge is -1.99. The van der Waals surface area contributed by atoms with Crippen molar-refractivity contribution in [3.63, 3.8) is 0 Å². The molecule has 0 aliphatic rings. The molecule has 4 N–H and O–H groups in total. The standard InChI is InChI=1S/C12H15N3/c1-2-15-8-10(7-12(15)14)9-4-3-5-11(13)6-9/h3-8H,2,13-14H2,1H3. The van der Waals surface area contributed by atoms with E-state index in [4.69, 9.17) is 11.5 Å². The van der Waals surface area contributed by atoms with Crippen molar-refractivity contribution >= 4 is 11.5 Å². The summed E-state index contributed by atoms with van der Waals surface area (Å²) in [5.41, 5.74) is 14.6. The van der Waals surface area contributed by atoms with E-state index in [0.717, 1.165) is 29.2 Å². The van der Waals surface area contributed by atoms with Crippen molar-refractivity contribution in [2.24, 2.45) is 0 Å². The van der Waals surface area contributed by atoms with Gasteiger partial charge in [-0.2, -0.15) is 0 Å². The number of hydrogen-bond acceptors (Lipinski definition) is 2. The Balaban J connectivity index is 2.45. The fourth-order valence-corrected chi connectivity index (χ4v) is 1.67. The highest BCUT2D eigenvalue weighted by Gasteiger charge is 2.03. The third-order valence-corrected chi connectivity index (χ3v) is 2.49. The molecule has 0 saturated heterocycles. The second kappa shape index (κ2) is 3.69. The van der Waals surface area contributed by atoms with Gasteiger partial charge in [-0.3, -0.25) is 0 Å². The maximum absolute atomic E-state index is 5.86. The van der Waals surface area contributed by atoms with E-state index < -0.39 is 0 Å². The van der Waals surface area contributed by atoms with E-state index in [1.54, 1.807) is 0 Å². The summed E-state index contributed by atoms with van der Waals surface area (Å²) in [6.45, 7) is 2.95. The summed E-state index contributed by atoms with van der Waals surface area (Å²) in [6.07, 6.45) is 2.05. The zero-order valence-corrected chi connectivity index (χ0v) is 8.77. The molecule has 3 heteroatoms. The lowest BCUT2D eigenvalue weighted by molar-refractivity contribution is 0.780. The Morgan fingerprint density at radius 2 is 1.93 bits per heavy atom. The Morgan fingerprint density at radius 3 is 2.53 bits per heavy atom. The van der Waals surface area contributed by atoms with Gasteiger partial charge in [-0.1, -0.05) is 12.1 Å². The summed E-state index contributed by atoms with van der Waals surface area (Å²) in [7, 11) is 0. The Morgan fingerprint density at radius 1 is 1.13 bits per heavy atom. The van der Waals surface area contributed by atoms with Crippen molar-refractivity contribution in [3.05, 3.63) is 36.5 Å². The second-order valence-electron chi connectivity index (χ2n) is 3.57. The van der Waals surface area contributed by atoms with Crippen molar-refractivity contribution in [1.29, 1.82) is 0 Å². The average molecular weight is 201 g/mol. The highest BCUT2D eigenvalue weighted by Crippen LogP contribution is 2.24. The van der Waals surface area contributed by atoms with E-state index in [1.807, 2.05) is 41.1 Å². The fourth-order valence-electron chi connectivity index (χ4n) is 1.67. The molecule has 2 rings (SSSR count). The molecular formula is C12H15N3. The van der Waals surface area contributed by atoms with Crippen LogP contribution in [0.1, 0.15) is 6.92 Å². The number of hydrogen-bond donors (Lipinski definition) is 2. The van der Waals surface area contributed by atoms with E-state index in [1.165, 1.54) is 0 Å². The van der Waals surface area contributed by atoms with Gasteiger partial charge in [-0.15, -0.1) is 0 Å². The van der Waals surface area contributed by atoms with Gasteiger partial charge >= 0.3 is 0 Å². The lowest BCUT2D eigenvalue weighted by atomic mass is 10.1. The maximum Gasteiger partial charge on any atom is 0.103 e. The molecule has 0 saturated carbocycles. The number of nitrogen functional groups attached to an aromatic ring is 2. The minimum absolute atomic E-state index is 0.773. The molecule has 0 atom stereocenters. The van der Waals surface area contributed by atoms with Crippen LogP contribution in [0.5, 0.6) is 0 Å². The van der Waals surface area contributed by atoms with E-state index in [9.17, 15) is 0 Å². The van der Waals surface area contributed by atoms with Crippen LogP contribution in [-0.4, -0.2) is 4.57 Å². The predicted molar refractivity (Wildman–Crippen MR) is 64.4 cm³/mol. The third-order valence-electron chi connectivity index (χ3n) is 2.49. The summed E-state index contributed by atoms with van der Waals surface area (Å²) in [6, 6.07) is 9.78. The molecule has 0 unspecified atom stereocenters. The number of aromatic nitrogens is 1. The molecule has 0 bridgehead atoms. The van der Waals surface area contributed by atoms with Crippen LogP contribution in [0.3, 0.4) is 0 Å². The molecule has 2 aromatic rings. The molecule has 0 spiro atoms. The molecule has 0 radical (unpaired) electrons. The van der Waals surface area contributed by atoms with Crippen molar-refractivity contribution in [2.75, 3.05) is 11.5 Å². The number of rotatable bonds is 2. The molecule has 0 amide bonds. The Labute approximate surface area is 89.3 Å². The summed E-state index contributed by atoms with van der Waals surface area (Å²) >= 11 is 0. The largest absolute Gasteiger partial charge is 0.399 e. The van der Waals surface area contributed by atoms with Gasteiger partial charge < -0.3 is 16.0 Å². The minimum Gasteiger partial charge on any atom is -0.399 e. The average Bonchev–Trinajstić information content (AvgIpc) is 2.60. The monoisotopic (exact) mass is 201 g/mol. The second-order valence-corrected chi connectivity index (χ2v) is 3.57. The van der Waals surface area contributed by atoms with Crippen LogP contribution in [0.4, 0.5) is 11.5 Å². The molecular weight excluding hydrogens is 186 g/mol. The normalized spacial score (nSPS) is 10.5. The van der Waals surface area contributed by atoms with E-state index >= 15 is 0 Å².